The number of hydrogen-bond donors (Lipinski definition) is 15. The highest BCUT2D eigenvalue weighted by Crippen LogP contribution is 2.89. The second kappa shape index (κ2) is 23.1. The fraction of sp³-hybridized carbons (Fsp3) is 0.963. The smallest absolute Gasteiger partial charge is 0.187 e. The lowest BCUT2D eigenvalue weighted by molar-refractivity contribution is -0.343. The summed E-state index contributed by atoms with van der Waals surface area (Å²) < 4.78 is 46.5. The zero-order chi connectivity index (χ0) is 55.9. The van der Waals surface area contributed by atoms with E-state index in [1.807, 2.05) is 13.0 Å². The molecule has 5 aliphatic carbocycles. The molecule has 0 radical (unpaired) electrons. The van der Waals surface area contributed by atoms with E-state index < -0.39 is 149 Å². The quantitative estimate of drug-likeness (QED) is 0.0495. The van der Waals surface area contributed by atoms with Gasteiger partial charge in [0.2, 0.25) is 0 Å². The number of rotatable bonds is 18. The minimum Gasteiger partial charge on any atom is -0.396 e. The Morgan fingerprint density at radius 2 is 0.974 bits per heavy atom. The van der Waals surface area contributed by atoms with Crippen molar-refractivity contribution in [3.8, 4) is 0 Å². The number of fused-ring (bicyclic) bond motifs is 2. The van der Waals surface area contributed by atoms with E-state index in [0.717, 1.165) is 63.4 Å². The number of ether oxygens (including phenoxy) is 8. The molecule has 0 aromatic rings. The van der Waals surface area contributed by atoms with Crippen molar-refractivity contribution in [2.24, 2.45) is 50.7 Å². The van der Waals surface area contributed by atoms with E-state index in [9.17, 15) is 76.6 Å². The minimum absolute atomic E-state index is 0.0104. The van der Waals surface area contributed by atoms with Crippen molar-refractivity contribution in [2.45, 2.75) is 234 Å². The van der Waals surface area contributed by atoms with Gasteiger partial charge in [0.05, 0.1) is 39.1 Å². The van der Waals surface area contributed by atoms with E-state index in [-0.39, 0.29) is 52.3 Å². The normalized spacial score (nSPS) is 53.0. The maximum Gasteiger partial charge on any atom is 0.187 e. The van der Waals surface area contributed by atoms with Gasteiger partial charge in [0.25, 0.3) is 0 Å². The Morgan fingerprint density at radius 3 is 1.51 bits per heavy atom. The van der Waals surface area contributed by atoms with Crippen LogP contribution in [0.4, 0.5) is 0 Å². The first-order chi connectivity index (χ1) is 36.4. The largest absolute Gasteiger partial charge is 0.396 e. The van der Waals surface area contributed by atoms with Crippen LogP contribution in [-0.4, -0.2) is 245 Å². The molecule has 29 atom stereocenters. The van der Waals surface area contributed by atoms with Crippen LogP contribution in [0.25, 0.3) is 0 Å². The second-order valence-corrected chi connectivity index (χ2v) is 25.6. The standard InChI is InChI=1S/C54H90O23/c1-24(20-70-46-44(68)40(64)36(60)29(75-46)21-71-47-42(66)38(62)34(58)27(18-56)73-47)7-6-8-25(17-55)26-11-13-52(5)32-10-9-31-50(2,3)33(12-14-53(31)23-54(32,53)16-15-51(26,52)4)77-49-45(69)41(65)37(61)30(76-49)22-72-48-43(67)39(63)35(59)28(19-57)74-48/h7,25-49,55-69H,6,8-23H2,1-5H3/b24-7-/t25-,26+,27+,28+,29+,30+,31-,32-,33+,34+,35+,36+,37+,38-,39-,40-,41-,42+,43+,44+,45+,46?,47+,48+,49?,51+,52-,53+,54+/m0/s1. The van der Waals surface area contributed by atoms with Crippen LogP contribution in [0, 0.1) is 50.7 Å². The molecule has 5 saturated carbocycles. The summed E-state index contributed by atoms with van der Waals surface area (Å²) >= 11 is 0. The summed E-state index contributed by atoms with van der Waals surface area (Å²) in [6.07, 6.45) is -17.8. The SMILES string of the molecule is C/C(=C/CC[C@@H](CO)[C@H]1CC[C@@]2(C)[C@@H]3CC[C@H]4C(C)(C)[C@H](OC5O[C@H](CO[C@@H]6O[C@H](CO)[C@@H](O)[C@H](O)[C@H]6O)[C@@H](O)[C@H](O)[C@H]5O)CC[C@@]45C[C@]35CC[C@]12C)COC1O[C@H](CO[C@@H]2O[C@H](CO)[C@@H](O)[C@H](O)[C@H]2O)[C@@H](O)[C@H](O)[C@H]1O. The monoisotopic (exact) mass is 1110 g/mol. The van der Waals surface area contributed by atoms with E-state index in [0.29, 0.717) is 30.6 Å². The Kier molecular flexibility index (Phi) is 18.1. The van der Waals surface area contributed by atoms with E-state index in [2.05, 4.69) is 27.7 Å². The van der Waals surface area contributed by atoms with Crippen molar-refractivity contribution < 1.29 is 114 Å². The lowest BCUT2D eigenvalue weighted by Crippen LogP contribution is -2.63. The Bertz CT molecular complexity index is 2020. The van der Waals surface area contributed by atoms with Crippen LogP contribution in [0.15, 0.2) is 11.6 Å². The molecule has 0 aromatic heterocycles. The van der Waals surface area contributed by atoms with Crippen molar-refractivity contribution in [3.05, 3.63) is 11.6 Å². The first kappa shape index (κ1) is 60.4. The molecular formula is C54H90O23. The predicted octanol–water partition coefficient (Wildman–Crippen LogP) is -2.59. The lowest BCUT2D eigenvalue weighted by atomic mass is 9.41. The Labute approximate surface area is 449 Å². The summed E-state index contributed by atoms with van der Waals surface area (Å²) in [5.74, 6) is 1.22. The molecule has 15 N–H and O–H groups in total. The summed E-state index contributed by atoms with van der Waals surface area (Å²) in [7, 11) is 0. The molecule has 2 unspecified atom stereocenters. The number of aliphatic hydroxyl groups excluding tert-OH is 15. The molecule has 0 bridgehead atoms. The predicted molar refractivity (Wildman–Crippen MR) is 264 cm³/mol. The Morgan fingerprint density at radius 1 is 0.506 bits per heavy atom. The average Bonchev–Trinajstić information content (AvgIpc) is 2.64. The molecule has 23 nitrogen and oxygen atoms in total. The van der Waals surface area contributed by atoms with E-state index >= 15 is 0 Å². The molecule has 23 heteroatoms. The van der Waals surface area contributed by atoms with Gasteiger partial charge in [-0.05, 0) is 128 Å². The van der Waals surface area contributed by atoms with Crippen LogP contribution in [0.3, 0.4) is 0 Å². The number of hydrogen-bond acceptors (Lipinski definition) is 23. The van der Waals surface area contributed by atoms with Gasteiger partial charge in [0.1, 0.15) is 97.7 Å². The van der Waals surface area contributed by atoms with E-state index in [1.54, 1.807) is 0 Å². The van der Waals surface area contributed by atoms with Gasteiger partial charge >= 0.3 is 0 Å². The maximum absolute atomic E-state index is 11.2. The molecule has 9 aliphatic rings. The van der Waals surface area contributed by atoms with Gasteiger partial charge in [-0.25, -0.2) is 0 Å². The molecule has 0 amide bonds. The summed E-state index contributed by atoms with van der Waals surface area (Å²) in [5.41, 5.74) is 0.875. The molecule has 77 heavy (non-hydrogen) atoms. The molecule has 4 aliphatic heterocycles. The third-order valence-electron chi connectivity index (χ3n) is 21.6. The Hall–Kier alpha value is -1.18. The van der Waals surface area contributed by atoms with Crippen LogP contribution in [-0.2, 0) is 37.9 Å². The molecule has 2 spiro atoms. The molecular weight excluding hydrogens is 1020 g/mol. The highest BCUT2D eigenvalue weighted by molar-refractivity contribution is 5.31. The summed E-state index contributed by atoms with van der Waals surface area (Å²) in [6, 6.07) is 0. The molecule has 4 saturated heterocycles. The fourth-order valence-electron chi connectivity index (χ4n) is 16.9. The van der Waals surface area contributed by atoms with Crippen molar-refractivity contribution in [1.82, 2.24) is 0 Å². The summed E-state index contributed by atoms with van der Waals surface area (Å²) in [5, 5.41) is 157. The number of aliphatic hydroxyl groups is 15. The molecule has 9 fully saturated rings. The molecule has 444 valence electrons. The van der Waals surface area contributed by atoms with Gasteiger partial charge in [-0.1, -0.05) is 39.3 Å². The van der Waals surface area contributed by atoms with Crippen molar-refractivity contribution in [2.75, 3.05) is 39.6 Å². The van der Waals surface area contributed by atoms with E-state index in [1.165, 1.54) is 0 Å². The van der Waals surface area contributed by atoms with Gasteiger partial charge in [0, 0.05) is 6.61 Å². The van der Waals surface area contributed by atoms with Gasteiger partial charge < -0.3 is 114 Å². The molecule has 4 heterocycles. The van der Waals surface area contributed by atoms with Crippen LogP contribution in [0.1, 0.15) is 105 Å². The maximum atomic E-state index is 11.2. The van der Waals surface area contributed by atoms with Crippen molar-refractivity contribution in [3.63, 3.8) is 0 Å². The van der Waals surface area contributed by atoms with Crippen LogP contribution < -0.4 is 0 Å². The summed E-state index contributed by atoms with van der Waals surface area (Å²) in [4.78, 5) is 0. The highest BCUT2D eigenvalue weighted by atomic mass is 16.7. The number of allylic oxidation sites excluding steroid dienone is 1. The Balaban J connectivity index is 0.779. The zero-order valence-electron chi connectivity index (χ0n) is 45.0. The van der Waals surface area contributed by atoms with Crippen LogP contribution in [0.5, 0.6) is 0 Å². The van der Waals surface area contributed by atoms with Gasteiger partial charge in [-0.2, -0.15) is 0 Å². The first-order valence-corrected chi connectivity index (χ1v) is 28.1. The lowest BCUT2D eigenvalue weighted by Gasteiger charge is -2.63. The van der Waals surface area contributed by atoms with Gasteiger partial charge in [-0.3, -0.25) is 0 Å². The third-order valence-corrected chi connectivity index (χ3v) is 21.6. The molecule has 9 rings (SSSR count). The zero-order valence-corrected chi connectivity index (χ0v) is 45.0. The minimum atomic E-state index is -1.69. The van der Waals surface area contributed by atoms with Crippen LogP contribution >= 0.6 is 0 Å². The second-order valence-electron chi connectivity index (χ2n) is 25.6. The third kappa shape index (κ3) is 10.3. The first-order valence-electron chi connectivity index (χ1n) is 28.1. The molecule has 0 aromatic carbocycles. The van der Waals surface area contributed by atoms with Crippen LogP contribution in [0.2, 0.25) is 0 Å². The van der Waals surface area contributed by atoms with E-state index in [4.69, 9.17) is 37.9 Å². The van der Waals surface area contributed by atoms with Gasteiger partial charge in [0.15, 0.2) is 25.2 Å². The van der Waals surface area contributed by atoms with Crippen molar-refractivity contribution in [1.29, 1.82) is 0 Å². The van der Waals surface area contributed by atoms with Crippen molar-refractivity contribution >= 4 is 0 Å². The fourth-order valence-corrected chi connectivity index (χ4v) is 16.9. The highest BCUT2D eigenvalue weighted by Gasteiger charge is 2.82. The topological polar surface area (TPSA) is 377 Å². The average molecular weight is 1110 g/mol. The van der Waals surface area contributed by atoms with Gasteiger partial charge in [-0.15, -0.1) is 0 Å². The summed E-state index contributed by atoms with van der Waals surface area (Å²) in [6.45, 7) is 9.21.